The maximum Gasteiger partial charge on any atom is 0.308 e. The molecular formula is C29H33N5O5. The fraction of sp³-hybridized carbons (Fsp3) is 0.414. The highest BCUT2D eigenvalue weighted by Gasteiger charge is 2.47. The fourth-order valence-corrected chi connectivity index (χ4v) is 5.56. The van der Waals surface area contributed by atoms with Gasteiger partial charge >= 0.3 is 5.97 Å². The molecule has 1 N–H and O–H groups in total. The van der Waals surface area contributed by atoms with Crippen LogP contribution in [0.1, 0.15) is 43.5 Å². The summed E-state index contributed by atoms with van der Waals surface area (Å²) in [6, 6.07) is 10.7. The Hall–Kier alpha value is -4.05. The van der Waals surface area contributed by atoms with Crippen molar-refractivity contribution in [2.45, 2.75) is 44.6 Å². The standard InChI is InChI=1S/C29H33N5O5/c1-2-3-14-34(21-6-4-11-30-16-21)27(35)18-33-17-22(20-7-9-24-25(15-20)39-19-38-24)28(29(36)37)23(33)8-10-26-31-12-5-13-32-26/h4-7,9,11-13,15-16,22-23,28H,2-3,8,10,14,17-19H2,1H3,(H,36,37)/t22-,23+,28-/m1/s1. The number of nitrogens with zero attached hydrogens (tertiary/aromatic N) is 5. The molecule has 39 heavy (non-hydrogen) atoms. The molecule has 10 heteroatoms. The van der Waals surface area contributed by atoms with Crippen LogP contribution in [0.3, 0.4) is 0 Å². The van der Waals surface area contributed by atoms with Gasteiger partial charge in [0.15, 0.2) is 11.5 Å². The molecule has 0 unspecified atom stereocenters. The molecule has 0 bridgehead atoms. The summed E-state index contributed by atoms with van der Waals surface area (Å²) in [5.41, 5.74) is 1.60. The van der Waals surface area contributed by atoms with E-state index < -0.39 is 11.9 Å². The van der Waals surface area contributed by atoms with Crippen molar-refractivity contribution in [2.24, 2.45) is 5.92 Å². The number of unbranched alkanes of at least 4 members (excludes halogenated alkanes) is 1. The molecular weight excluding hydrogens is 498 g/mol. The second-order valence-electron chi connectivity index (χ2n) is 9.89. The molecule has 204 valence electrons. The Morgan fingerprint density at radius 2 is 1.92 bits per heavy atom. The summed E-state index contributed by atoms with van der Waals surface area (Å²) < 4.78 is 11.0. The van der Waals surface area contributed by atoms with Crippen LogP contribution in [0.25, 0.3) is 0 Å². The van der Waals surface area contributed by atoms with Crippen LogP contribution in [0.2, 0.25) is 0 Å². The largest absolute Gasteiger partial charge is 0.481 e. The molecule has 2 aliphatic rings. The van der Waals surface area contributed by atoms with Gasteiger partial charge in [-0.25, -0.2) is 9.97 Å². The van der Waals surface area contributed by atoms with Gasteiger partial charge in [0.05, 0.1) is 24.3 Å². The van der Waals surface area contributed by atoms with Gasteiger partial charge in [0.1, 0.15) is 5.82 Å². The van der Waals surface area contributed by atoms with Gasteiger partial charge in [-0.3, -0.25) is 19.5 Å². The quantitative estimate of drug-likeness (QED) is 0.396. The molecule has 4 heterocycles. The average Bonchev–Trinajstić information content (AvgIpc) is 3.57. The summed E-state index contributed by atoms with van der Waals surface area (Å²) in [7, 11) is 0. The Morgan fingerprint density at radius 1 is 1.10 bits per heavy atom. The second-order valence-corrected chi connectivity index (χ2v) is 9.89. The van der Waals surface area contributed by atoms with E-state index in [0.29, 0.717) is 43.3 Å². The third-order valence-electron chi connectivity index (χ3n) is 7.47. The summed E-state index contributed by atoms with van der Waals surface area (Å²) in [6.07, 6.45) is 9.56. The van der Waals surface area contributed by atoms with Crippen molar-refractivity contribution < 1.29 is 24.2 Å². The Balaban J connectivity index is 1.43. The van der Waals surface area contributed by atoms with E-state index in [4.69, 9.17) is 9.47 Å². The number of carboxylic acid groups (broad SMARTS) is 1. The molecule has 3 atom stereocenters. The van der Waals surface area contributed by atoms with E-state index in [1.54, 1.807) is 35.8 Å². The van der Waals surface area contributed by atoms with Crippen molar-refractivity contribution in [2.75, 3.05) is 31.3 Å². The van der Waals surface area contributed by atoms with E-state index in [2.05, 4.69) is 21.9 Å². The number of carboxylic acids is 1. The lowest BCUT2D eigenvalue weighted by molar-refractivity contribution is -0.143. The van der Waals surface area contributed by atoms with Gasteiger partial charge in [-0.15, -0.1) is 0 Å². The van der Waals surface area contributed by atoms with Crippen molar-refractivity contribution in [3.63, 3.8) is 0 Å². The van der Waals surface area contributed by atoms with Gasteiger partial charge in [0.25, 0.3) is 0 Å². The molecule has 5 rings (SSSR count). The van der Waals surface area contributed by atoms with E-state index in [1.807, 2.05) is 35.2 Å². The van der Waals surface area contributed by atoms with Gasteiger partial charge in [0.2, 0.25) is 12.7 Å². The maximum atomic E-state index is 13.7. The minimum Gasteiger partial charge on any atom is -0.481 e. The number of aromatic nitrogens is 3. The molecule has 1 amide bonds. The lowest BCUT2D eigenvalue weighted by Gasteiger charge is -2.29. The number of pyridine rings is 1. The third-order valence-corrected chi connectivity index (χ3v) is 7.47. The van der Waals surface area contributed by atoms with Crippen LogP contribution in [-0.4, -0.2) is 69.3 Å². The van der Waals surface area contributed by atoms with Crippen LogP contribution in [0.15, 0.2) is 61.2 Å². The van der Waals surface area contributed by atoms with E-state index >= 15 is 0 Å². The number of fused-ring (bicyclic) bond motifs is 1. The predicted molar refractivity (Wildman–Crippen MR) is 144 cm³/mol. The Morgan fingerprint density at radius 3 is 2.67 bits per heavy atom. The normalized spacial score (nSPS) is 20.2. The van der Waals surface area contributed by atoms with E-state index in [1.165, 1.54) is 0 Å². The van der Waals surface area contributed by atoms with Crippen LogP contribution in [0, 0.1) is 5.92 Å². The molecule has 10 nitrogen and oxygen atoms in total. The zero-order chi connectivity index (χ0) is 27.2. The zero-order valence-electron chi connectivity index (χ0n) is 22.0. The Kier molecular flexibility index (Phi) is 8.31. The first kappa shape index (κ1) is 26.6. The van der Waals surface area contributed by atoms with Crippen molar-refractivity contribution in [1.82, 2.24) is 19.9 Å². The van der Waals surface area contributed by atoms with Crippen LogP contribution in [0.4, 0.5) is 5.69 Å². The summed E-state index contributed by atoms with van der Waals surface area (Å²) in [6.45, 7) is 3.34. The van der Waals surface area contributed by atoms with Crippen LogP contribution in [-0.2, 0) is 16.0 Å². The molecule has 0 saturated carbocycles. The van der Waals surface area contributed by atoms with Crippen LogP contribution < -0.4 is 14.4 Å². The number of aryl methyl sites for hydroxylation is 1. The number of rotatable bonds is 11. The second kappa shape index (κ2) is 12.2. The lowest BCUT2D eigenvalue weighted by atomic mass is 9.83. The maximum absolute atomic E-state index is 13.7. The number of carbonyl (C=O) groups excluding carboxylic acids is 1. The summed E-state index contributed by atoms with van der Waals surface area (Å²) in [5.74, 6) is -0.0912. The summed E-state index contributed by atoms with van der Waals surface area (Å²) in [5, 5.41) is 10.4. The number of benzene rings is 1. The van der Waals surface area contributed by atoms with Crippen LogP contribution >= 0.6 is 0 Å². The van der Waals surface area contributed by atoms with Crippen LogP contribution in [0.5, 0.6) is 11.5 Å². The number of aliphatic carboxylic acids is 1. The lowest BCUT2D eigenvalue weighted by Crippen LogP contribution is -2.44. The molecule has 0 spiro atoms. The molecule has 0 radical (unpaired) electrons. The Labute approximate surface area is 227 Å². The van der Waals surface area contributed by atoms with Gasteiger partial charge in [-0.05, 0) is 48.7 Å². The zero-order valence-corrected chi connectivity index (χ0v) is 22.0. The average molecular weight is 532 g/mol. The monoisotopic (exact) mass is 531 g/mol. The van der Waals surface area contributed by atoms with E-state index in [0.717, 1.165) is 24.1 Å². The highest BCUT2D eigenvalue weighted by molar-refractivity contribution is 5.94. The first-order valence-corrected chi connectivity index (χ1v) is 13.4. The van der Waals surface area contributed by atoms with Crippen molar-refractivity contribution in [3.05, 3.63) is 72.6 Å². The van der Waals surface area contributed by atoms with Crippen molar-refractivity contribution in [1.29, 1.82) is 0 Å². The van der Waals surface area contributed by atoms with E-state index in [-0.39, 0.29) is 31.2 Å². The van der Waals surface area contributed by atoms with Gasteiger partial charge in [0, 0.05) is 50.1 Å². The SMILES string of the molecule is CCCCN(C(=O)CN1C[C@H](c2ccc3c(c2)OCO3)[C@@H](C(=O)O)[C@@H]1CCc1ncccn1)c1cccnc1. The third kappa shape index (κ3) is 6.01. The number of likely N-dealkylation sites (tertiary alicyclic amines) is 1. The highest BCUT2D eigenvalue weighted by Crippen LogP contribution is 2.43. The molecule has 2 aromatic heterocycles. The topological polar surface area (TPSA) is 118 Å². The molecule has 1 saturated heterocycles. The number of hydrogen-bond donors (Lipinski definition) is 1. The van der Waals surface area contributed by atoms with Crippen molar-refractivity contribution in [3.8, 4) is 11.5 Å². The number of amides is 1. The van der Waals surface area contributed by atoms with Gasteiger partial charge in [-0.1, -0.05) is 19.4 Å². The minimum atomic E-state index is -0.887. The summed E-state index contributed by atoms with van der Waals surface area (Å²) in [4.78, 5) is 43.1. The molecule has 1 fully saturated rings. The first-order valence-electron chi connectivity index (χ1n) is 13.4. The molecule has 0 aliphatic carbocycles. The number of carbonyl (C=O) groups is 2. The smallest absolute Gasteiger partial charge is 0.308 e. The summed E-state index contributed by atoms with van der Waals surface area (Å²) >= 11 is 0. The molecule has 2 aliphatic heterocycles. The molecule has 1 aromatic carbocycles. The van der Waals surface area contributed by atoms with Gasteiger partial charge < -0.3 is 19.5 Å². The fourth-order valence-electron chi connectivity index (χ4n) is 5.56. The number of ether oxygens (including phenoxy) is 2. The van der Waals surface area contributed by atoms with Gasteiger partial charge in [-0.2, -0.15) is 0 Å². The number of hydrogen-bond acceptors (Lipinski definition) is 8. The predicted octanol–water partition coefficient (Wildman–Crippen LogP) is 3.54. The first-order chi connectivity index (χ1) is 19.0. The van der Waals surface area contributed by atoms with Crippen molar-refractivity contribution >= 4 is 17.6 Å². The number of anilines is 1. The van der Waals surface area contributed by atoms with E-state index in [9.17, 15) is 14.7 Å². The Bertz CT molecular complexity index is 1280. The minimum absolute atomic E-state index is 0.0760. The highest BCUT2D eigenvalue weighted by atomic mass is 16.7. The molecule has 3 aromatic rings.